The smallest absolute Gasteiger partial charge is 0.314 e. The fourth-order valence-corrected chi connectivity index (χ4v) is 3.73. The van der Waals surface area contributed by atoms with Gasteiger partial charge in [0.15, 0.2) is 11.6 Å². The van der Waals surface area contributed by atoms with Crippen LogP contribution in [0.5, 0.6) is 5.75 Å². The number of benzene rings is 1. The molecule has 0 amide bonds. The molecule has 8 heteroatoms. The lowest BCUT2D eigenvalue weighted by molar-refractivity contribution is -0.157. The number of aliphatic hydroxyl groups is 1. The topological polar surface area (TPSA) is 95.8 Å². The Morgan fingerprint density at radius 2 is 2.21 bits per heavy atom. The molecule has 7 nitrogen and oxygen atoms in total. The average molecular weight is 389 g/mol. The first-order valence-corrected chi connectivity index (χ1v) is 9.20. The van der Waals surface area contributed by atoms with Crippen molar-refractivity contribution in [3.63, 3.8) is 0 Å². The minimum Gasteiger partial charge on any atom is -0.497 e. The average Bonchev–Trinajstić information content (AvgIpc) is 2.70. The van der Waals surface area contributed by atoms with Crippen molar-refractivity contribution >= 4 is 11.8 Å². The molecule has 2 aromatic rings. The van der Waals surface area contributed by atoms with Crippen LogP contribution in [-0.4, -0.2) is 52.5 Å². The second kappa shape index (κ2) is 8.10. The van der Waals surface area contributed by atoms with Gasteiger partial charge in [0.25, 0.3) is 0 Å². The van der Waals surface area contributed by atoms with Crippen LogP contribution in [0.3, 0.4) is 0 Å². The number of hydrogen-bond acceptors (Lipinski definition) is 6. The number of halogens is 1. The van der Waals surface area contributed by atoms with E-state index in [1.807, 2.05) is 0 Å². The van der Waals surface area contributed by atoms with Crippen LogP contribution < -0.4 is 9.64 Å². The Bertz CT molecular complexity index is 863. The summed E-state index contributed by atoms with van der Waals surface area (Å²) in [4.78, 5) is 21.9. The lowest BCUT2D eigenvalue weighted by Gasteiger charge is -2.44. The lowest BCUT2D eigenvalue weighted by Crippen LogP contribution is -2.57. The first-order chi connectivity index (χ1) is 13.4. The molecule has 0 radical (unpaired) electrons. The molecule has 0 unspecified atom stereocenters. The summed E-state index contributed by atoms with van der Waals surface area (Å²) in [5.41, 5.74) is -0.487. The summed E-state index contributed by atoms with van der Waals surface area (Å²) in [7, 11) is 1.53. The molecule has 1 aliphatic heterocycles. The van der Waals surface area contributed by atoms with Gasteiger partial charge in [-0.1, -0.05) is 19.1 Å². The van der Waals surface area contributed by atoms with E-state index in [2.05, 4.69) is 9.97 Å². The first-order valence-electron chi connectivity index (χ1n) is 9.20. The van der Waals surface area contributed by atoms with Crippen LogP contribution in [0.15, 0.2) is 30.6 Å². The van der Waals surface area contributed by atoms with Crippen LogP contribution in [0.25, 0.3) is 0 Å². The molecular formula is C20H24FN3O4. The molecule has 150 valence electrons. The number of aliphatic carboxylic acids is 1. The number of ether oxygens (including phenoxy) is 1. The van der Waals surface area contributed by atoms with Crippen molar-refractivity contribution in [2.75, 3.05) is 25.1 Å². The van der Waals surface area contributed by atoms with Crippen LogP contribution in [0.4, 0.5) is 10.2 Å². The zero-order valence-electron chi connectivity index (χ0n) is 15.9. The van der Waals surface area contributed by atoms with E-state index in [4.69, 9.17) is 4.74 Å². The van der Waals surface area contributed by atoms with Gasteiger partial charge < -0.3 is 19.8 Å². The monoisotopic (exact) mass is 389 g/mol. The second-order valence-corrected chi connectivity index (χ2v) is 7.03. The SMILES string of the molecule is CCc1ncnc(N2CC[C@@H](O)[C@](Cc3cccc(OC)c3)(C(=O)O)C2)c1F. The maximum atomic E-state index is 14.7. The summed E-state index contributed by atoms with van der Waals surface area (Å²) in [5, 5.41) is 20.7. The third kappa shape index (κ3) is 3.64. The highest BCUT2D eigenvalue weighted by Gasteiger charge is 2.50. The molecule has 2 heterocycles. The molecule has 0 saturated carbocycles. The molecule has 1 aromatic carbocycles. The van der Waals surface area contributed by atoms with Gasteiger partial charge in [-0.15, -0.1) is 0 Å². The molecule has 1 aliphatic rings. The van der Waals surface area contributed by atoms with Crippen molar-refractivity contribution in [2.24, 2.45) is 5.41 Å². The number of aryl methyl sites for hydroxylation is 1. The van der Waals surface area contributed by atoms with Gasteiger partial charge in [-0.3, -0.25) is 4.79 Å². The second-order valence-electron chi connectivity index (χ2n) is 7.03. The Balaban J connectivity index is 1.96. The number of nitrogens with zero attached hydrogens (tertiary/aromatic N) is 3. The van der Waals surface area contributed by atoms with E-state index in [1.165, 1.54) is 13.4 Å². The van der Waals surface area contributed by atoms with Crippen LogP contribution >= 0.6 is 0 Å². The highest BCUT2D eigenvalue weighted by Crippen LogP contribution is 2.37. The maximum Gasteiger partial charge on any atom is 0.314 e. The van der Waals surface area contributed by atoms with E-state index >= 15 is 0 Å². The quantitative estimate of drug-likeness (QED) is 0.781. The summed E-state index contributed by atoms with van der Waals surface area (Å²) in [6, 6.07) is 7.08. The fourth-order valence-electron chi connectivity index (χ4n) is 3.73. The van der Waals surface area contributed by atoms with Gasteiger partial charge in [-0.25, -0.2) is 14.4 Å². The predicted octanol–water partition coefficient (Wildman–Crippen LogP) is 2.07. The number of carboxylic acids is 1. The van der Waals surface area contributed by atoms with E-state index in [1.54, 1.807) is 36.1 Å². The normalized spacial score (nSPS) is 22.1. The third-order valence-electron chi connectivity index (χ3n) is 5.34. The zero-order valence-corrected chi connectivity index (χ0v) is 15.9. The number of methoxy groups -OCH3 is 1. The Labute approximate surface area is 162 Å². The van der Waals surface area contributed by atoms with Crippen molar-refractivity contribution in [2.45, 2.75) is 32.3 Å². The minimum atomic E-state index is -1.49. The van der Waals surface area contributed by atoms with Gasteiger partial charge in [0.2, 0.25) is 0 Å². The van der Waals surface area contributed by atoms with Crippen LogP contribution in [0.2, 0.25) is 0 Å². The van der Waals surface area contributed by atoms with Crippen LogP contribution in [0, 0.1) is 11.2 Å². The molecule has 1 saturated heterocycles. The van der Waals surface area contributed by atoms with Crippen molar-refractivity contribution < 1.29 is 24.1 Å². The van der Waals surface area contributed by atoms with Gasteiger partial charge in [0, 0.05) is 13.1 Å². The number of carboxylic acid groups (broad SMARTS) is 1. The summed E-state index contributed by atoms with van der Waals surface area (Å²) in [6.45, 7) is 2.04. The molecular weight excluding hydrogens is 365 g/mol. The molecule has 1 fully saturated rings. The van der Waals surface area contributed by atoms with E-state index in [0.29, 0.717) is 18.7 Å². The van der Waals surface area contributed by atoms with Gasteiger partial charge in [0.1, 0.15) is 17.5 Å². The Morgan fingerprint density at radius 3 is 2.89 bits per heavy atom. The predicted molar refractivity (Wildman–Crippen MR) is 101 cm³/mol. The summed E-state index contributed by atoms with van der Waals surface area (Å²) in [6.07, 6.45) is 0.910. The van der Waals surface area contributed by atoms with Gasteiger partial charge >= 0.3 is 5.97 Å². The van der Waals surface area contributed by atoms with E-state index in [9.17, 15) is 19.4 Å². The molecule has 28 heavy (non-hydrogen) atoms. The van der Waals surface area contributed by atoms with Crippen molar-refractivity contribution in [3.8, 4) is 5.75 Å². The highest BCUT2D eigenvalue weighted by atomic mass is 19.1. The zero-order chi connectivity index (χ0) is 20.3. The Kier molecular flexibility index (Phi) is 5.79. The van der Waals surface area contributed by atoms with E-state index < -0.39 is 23.3 Å². The van der Waals surface area contributed by atoms with Crippen molar-refractivity contribution in [3.05, 3.63) is 47.7 Å². The first kappa shape index (κ1) is 20.0. The number of rotatable bonds is 6. The van der Waals surface area contributed by atoms with Gasteiger partial charge in [-0.2, -0.15) is 0 Å². The van der Waals surface area contributed by atoms with Gasteiger partial charge in [0.05, 0.1) is 18.9 Å². The maximum absolute atomic E-state index is 14.7. The number of hydrogen-bond donors (Lipinski definition) is 2. The summed E-state index contributed by atoms with van der Waals surface area (Å²) in [5.74, 6) is -0.982. The molecule has 0 spiro atoms. The number of carbonyl (C=O) groups is 1. The van der Waals surface area contributed by atoms with Crippen LogP contribution in [-0.2, 0) is 17.6 Å². The summed E-state index contributed by atoms with van der Waals surface area (Å²) >= 11 is 0. The molecule has 3 rings (SSSR count). The number of aliphatic hydroxyl groups excluding tert-OH is 1. The van der Waals surface area contributed by atoms with Gasteiger partial charge in [-0.05, 0) is 37.0 Å². The lowest BCUT2D eigenvalue weighted by atomic mass is 9.72. The number of piperidine rings is 1. The van der Waals surface area contributed by atoms with E-state index in [0.717, 1.165) is 5.56 Å². The molecule has 2 N–H and O–H groups in total. The Hall–Kier alpha value is -2.74. The van der Waals surface area contributed by atoms with Crippen LogP contribution in [0.1, 0.15) is 24.6 Å². The Morgan fingerprint density at radius 1 is 1.43 bits per heavy atom. The number of aromatic nitrogens is 2. The van der Waals surface area contributed by atoms with E-state index in [-0.39, 0.29) is 30.9 Å². The summed E-state index contributed by atoms with van der Waals surface area (Å²) < 4.78 is 19.9. The molecule has 0 aliphatic carbocycles. The third-order valence-corrected chi connectivity index (χ3v) is 5.34. The van der Waals surface area contributed by atoms with Crippen molar-refractivity contribution in [1.29, 1.82) is 0 Å². The molecule has 0 bridgehead atoms. The molecule has 1 aromatic heterocycles. The minimum absolute atomic E-state index is 0.0577. The standard InChI is InChI=1S/C20H24FN3O4/c1-3-15-17(21)18(23-12-22-15)24-8-7-16(25)20(11-24,19(26)27)10-13-5-4-6-14(9-13)28-2/h4-6,9,12,16,25H,3,7-8,10-11H2,1-2H3,(H,26,27)/t16-,20-/m1/s1. The van der Waals surface area contributed by atoms with Crippen molar-refractivity contribution in [1.82, 2.24) is 9.97 Å². The number of anilines is 1. The molecule has 2 atom stereocenters. The largest absolute Gasteiger partial charge is 0.497 e. The highest BCUT2D eigenvalue weighted by molar-refractivity contribution is 5.77. The fraction of sp³-hybridized carbons (Fsp3) is 0.450.